The summed E-state index contributed by atoms with van der Waals surface area (Å²) in [6, 6.07) is -1.37. The maximum Gasteiger partial charge on any atom is 0.326 e. The zero-order valence-electron chi connectivity index (χ0n) is 13.5. The highest BCUT2D eigenvalue weighted by Crippen LogP contribution is 2.25. The van der Waals surface area contributed by atoms with Crippen LogP contribution in [0.25, 0.3) is 0 Å². The molecule has 0 aromatic carbocycles. The minimum absolute atomic E-state index is 0.451. The number of carboxylic acid groups (broad SMARTS) is 2. The molecule has 8 nitrogen and oxygen atoms in total. The molecular weight excluding hydrogens is 416 g/mol. The minimum Gasteiger partial charge on any atom is -0.480 e. The summed E-state index contributed by atoms with van der Waals surface area (Å²) in [6.07, 6.45) is 4.14. The molecule has 2 aromatic rings. The van der Waals surface area contributed by atoms with Gasteiger partial charge in [0.15, 0.2) is 10.3 Å². The van der Waals surface area contributed by atoms with E-state index in [2.05, 4.69) is 20.6 Å². The van der Waals surface area contributed by atoms with Gasteiger partial charge in [0.25, 0.3) is 0 Å². The highest BCUT2D eigenvalue weighted by atomic mass is 33.1. The zero-order valence-corrected chi connectivity index (χ0v) is 16.8. The molecule has 0 unspecified atom stereocenters. The number of thiazole rings is 2. The molecule has 0 aliphatic heterocycles. The van der Waals surface area contributed by atoms with E-state index in [1.165, 1.54) is 44.3 Å². The van der Waals surface area contributed by atoms with Crippen LogP contribution in [0.15, 0.2) is 23.2 Å². The fraction of sp³-hybridized carbons (Fsp3) is 0.429. The van der Waals surface area contributed by atoms with E-state index < -0.39 is 24.0 Å². The van der Waals surface area contributed by atoms with Crippen molar-refractivity contribution in [2.75, 3.05) is 22.1 Å². The third-order valence-corrected chi connectivity index (χ3v) is 7.00. The molecular formula is C14H18N4O4S4. The van der Waals surface area contributed by atoms with Crippen LogP contribution in [0.5, 0.6) is 0 Å². The van der Waals surface area contributed by atoms with E-state index in [1.807, 2.05) is 0 Å². The molecule has 2 heterocycles. The number of carbonyl (C=O) groups is 2. The lowest BCUT2D eigenvalue weighted by atomic mass is 10.2. The summed E-state index contributed by atoms with van der Waals surface area (Å²) in [4.78, 5) is 30.6. The Bertz CT molecular complexity index is 610. The first-order valence-electron chi connectivity index (χ1n) is 7.58. The van der Waals surface area contributed by atoms with Crippen LogP contribution in [0.1, 0.15) is 12.8 Å². The molecule has 26 heavy (non-hydrogen) atoms. The van der Waals surface area contributed by atoms with Crippen LogP contribution in [-0.4, -0.2) is 55.7 Å². The monoisotopic (exact) mass is 434 g/mol. The maximum atomic E-state index is 11.3. The summed E-state index contributed by atoms with van der Waals surface area (Å²) in [5, 5.41) is 29.0. The van der Waals surface area contributed by atoms with Crippen molar-refractivity contribution in [2.45, 2.75) is 24.9 Å². The molecule has 0 spiro atoms. The van der Waals surface area contributed by atoms with Gasteiger partial charge in [-0.2, -0.15) is 0 Å². The molecule has 0 saturated heterocycles. The van der Waals surface area contributed by atoms with Crippen molar-refractivity contribution in [3.05, 3.63) is 23.2 Å². The number of hydrogen-bond donors (Lipinski definition) is 4. The number of nitrogens with one attached hydrogen (secondary N) is 2. The molecule has 0 amide bonds. The summed E-state index contributed by atoms with van der Waals surface area (Å²) in [6.45, 7) is 0. The number of aliphatic carboxylic acids is 2. The fourth-order valence-corrected chi connectivity index (χ4v) is 5.20. The Hall–Kier alpha value is -1.50. The first-order chi connectivity index (χ1) is 12.6. The molecule has 2 atom stereocenters. The van der Waals surface area contributed by atoms with Gasteiger partial charge in [-0.3, -0.25) is 0 Å². The second-order valence-electron chi connectivity index (χ2n) is 4.97. The van der Waals surface area contributed by atoms with Gasteiger partial charge in [0, 0.05) is 34.7 Å². The predicted octanol–water partition coefficient (Wildman–Crippen LogP) is 3.19. The Morgan fingerprint density at radius 2 is 1.35 bits per heavy atom. The van der Waals surface area contributed by atoms with E-state index in [0.717, 1.165) is 0 Å². The normalized spacial score (nSPS) is 13.1. The third kappa shape index (κ3) is 7.40. The molecule has 12 heteroatoms. The van der Waals surface area contributed by atoms with Gasteiger partial charge in [-0.25, -0.2) is 19.6 Å². The molecule has 4 N–H and O–H groups in total. The summed E-state index contributed by atoms with van der Waals surface area (Å²) in [5.41, 5.74) is 0. The van der Waals surface area contributed by atoms with Crippen LogP contribution in [0.3, 0.4) is 0 Å². The summed E-state index contributed by atoms with van der Waals surface area (Å²) in [5.74, 6) is -0.552. The molecule has 2 rings (SSSR count). The lowest BCUT2D eigenvalue weighted by Gasteiger charge is -2.14. The predicted molar refractivity (Wildman–Crippen MR) is 108 cm³/mol. The smallest absolute Gasteiger partial charge is 0.326 e. The van der Waals surface area contributed by atoms with Gasteiger partial charge in [0.2, 0.25) is 0 Å². The Kier molecular flexibility index (Phi) is 9.01. The lowest BCUT2D eigenvalue weighted by Crippen LogP contribution is -2.30. The van der Waals surface area contributed by atoms with E-state index in [9.17, 15) is 19.8 Å². The van der Waals surface area contributed by atoms with Gasteiger partial charge < -0.3 is 20.8 Å². The SMILES string of the molecule is O=C(O)[C@H](CCSSCC[C@H](Nc1nccs1)C(=O)O)Nc1nccs1. The minimum atomic E-state index is -0.913. The lowest BCUT2D eigenvalue weighted by molar-refractivity contribution is -0.138. The van der Waals surface area contributed by atoms with Gasteiger partial charge in [-0.15, -0.1) is 22.7 Å². The second kappa shape index (κ2) is 11.3. The fourth-order valence-electron chi connectivity index (χ4n) is 1.85. The van der Waals surface area contributed by atoms with Crippen LogP contribution in [0.4, 0.5) is 10.3 Å². The number of hydrogen-bond acceptors (Lipinski definition) is 10. The number of rotatable bonds is 13. The number of anilines is 2. The van der Waals surface area contributed by atoms with Crippen LogP contribution < -0.4 is 10.6 Å². The standard InChI is InChI=1S/C14H18N4O4S4/c19-11(20)9(17-13-15-3-7-23-13)1-5-25-26-6-2-10(12(21)22)18-14-16-4-8-24-14/h3-4,7-10H,1-2,5-6H2,(H,15,17)(H,16,18)(H,19,20)(H,21,22)/t9-,10-/m0/s1. The maximum absolute atomic E-state index is 11.3. The first-order valence-corrected chi connectivity index (χ1v) is 11.8. The molecule has 142 valence electrons. The quantitative estimate of drug-likeness (QED) is 0.276. The molecule has 0 aliphatic carbocycles. The Morgan fingerprint density at radius 1 is 0.923 bits per heavy atom. The van der Waals surface area contributed by atoms with Crippen molar-refractivity contribution in [1.29, 1.82) is 0 Å². The van der Waals surface area contributed by atoms with Crippen molar-refractivity contribution in [3.8, 4) is 0 Å². The molecule has 0 radical (unpaired) electrons. The van der Waals surface area contributed by atoms with Crippen molar-refractivity contribution in [1.82, 2.24) is 9.97 Å². The van der Waals surface area contributed by atoms with Crippen molar-refractivity contribution >= 4 is 66.5 Å². The number of aromatic nitrogens is 2. The number of nitrogens with zero attached hydrogens (tertiary/aromatic N) is 2. The highest BCUT2D eigenvalue weighted by molar-refractivity contribution is 8.76. The van der Waals surface area contributed by atoms with Gasteiger partial charge >= 0.3 is 11.9 Å². The van der Waals surface area contributed by atoms with Crippen LogP contribution in [-0.2, 0) is 9.59 Å². The molecule has 0 aliphatic rings. The first kappa shape index (κ1) is 20.8. The summed E-state index contributed by atoms with van der Waals surface area (Å²) >= 11 is 2.72. The van der Waals surface area contributed by atoms with Crippen LogP contribution >= 0.6 is 44.3 Å². The molecule has 0 fully saturated rings. The van der Waals surface area contributed by atoms with Gasteiger partial charge in [0.05, 0.1) is 0 Å². The molecule has 0 bridgehead atoms. The average Bonchev–Trinajstić information content (AvgIpc) is 3.28. The average molecular weight is 435 g/mol. The molecule has 0 saturated carbocycles. The van der Waals surface area contributed by atoms with Crippen molar-refractivity contribution in [3.63, 3.8) is 0 Å². The van der Waals surface area contributed by atoms with E-state index in [0.29, 0.717) is 34.6 Å². The highest BCUT2D eigenvalue weighted by Gasteiger charge is 2.19. The summed E-state index contributed by atoms with van der Waals surface area (Å²) in [7, 11) is 3.07. The molecule has 2 aromatic heterocycles. The van der Waals surface area contributed by atoms with Crippen LogP contribution in [0.2, 0.25) is 0 Å². The number of carboxylic acids is 2. The third-order valence-electron chi connectivity index (χ3n) is 3.12. The van der Waals surface area contributed by atoms with Gasteiger partial charge in [-0.05, 0) is 12.8 Å². The van der Waals surface area contributed by atoms with Crippen molar-refractivity contribution < 1.29 is 19.8 Å². The zero-order chi connectivity index (χ0) is 18.8. The Balaban J connectivity index is 1.63. The topological polar surface area (TPSA) is 124 Å². The van der Waals surface area contributed by atoms with Gasteiger partial charge in [0.1, 0.15) is 12.1 Å². The van der Waals surface area contributed by atoms with E-state index >= 15 is 0 Å². The second-order valence-corrected chi connectivity index (χ2v) is 9.46. The van der Waals surface area contributed by atoms with E-state index in [-0.39, 0.29) is 0 Å². The Morgan fingerprint density at radius 3 is 1.65 bits per heavy atom. The van der Waals surface area contributed by atoms with Crippen molar-refractivity contribution in [2.24, 2.45) is 0 Å². The summed E-state index contributed by atoms with van der Waals surface area (Å²) < 4.78 is 0. The van der Waals surface area contributed by atoms with Crippen LogP contribution in [0, 0.1) is 0 Å². The Labute approximate surface area is 166 Å². The van der Waals surface area contributed by atoms with Gasteiger partial charge in [-0.1, -0.05) is 21.6 Å². The largest absolute Gasteiger partial charge is 0.480 e. The van der Waals surface area contributed by atoms with E-state index in [4.69, 9.17) is 0 Å². The van der Waals surface area contributed by atoms with E-state index in [1.54, 1.807) is 23.2 Å².